The molecule has 100 valence electrons. The van der Waals surface area contributed by atoms with Crippen LogP contribution in [-0.4, -0.2) is 20.2 Å². The summed E-state index contributed by atoms with van der Waals surface area (Å²) >= 11 is 5.90. The Hall–Kier alpha value is -2.40. The molecule has 1 aromatic heterocycles. The Balaban J connectivity index is 2.12. The Labute approximate surface area is 121 Å². The van der Waals surface area contributed by atoms with Crippen molar-refractivity contribution in [2.75, 3.05) is 5.73 Å². The molecule has 0 unspecified atom stereocenters. The van der Waals surface area contributed by atoms with Gasteiger partial charge in [-0.25, -0.2) is 0 Å². The molecule has 1 heterocycles. The van der Waals surface area contributed by atoms with Gasteiger partial charge in [0.1, 0.15) is 0 Å². The van der Waals surface area contributed by atoms with Gasteiger partial charge in [0, 0.05) is 16.3 Å². The van der Waals surface area contributed by atoms with Crippen LogP contribution in [-0.2, 0) is 0 Å². The summed E-state index contributed by atoms with van der Waals surface area (Å²) in [6.07, 6.45) is 0. The summed E-state index contributed by atoms with van der Waals surface area (Å²) in [4.78, 5) is 0. The highest BCUT2D eigenvalue weighted by Gasteiger charge is 2.12. The third-order valence-corrected chi connectivity index (χ3v) is 3.28. The number of anilines is 1. The normalized spacial score (nSPS) is 10.7. The number of tetrazole rings is 1. The summed E-state index contributed by atoms with van der Waals surface area (Å²) in [6, 6.07) is 13.0. The summed E-state index contributed by atoms with van der Waals surface area (Å²) in [5, 5.41) is 12.6. The van der Waals surface area contributed by atoms with Crippen molar-refractivity contribution in [3.63, 3.8) is 0 Å². The van der Waals surface area contributed by atoms with Crippen molar-refractivity contribution in [2.24, 2.45) is 0 Å². The van der Waals surface area contributed by atoms with E-state index in [1.165, 1.54) is 0 Å². The molecule has 0 saturated carbocycles. The Bertz CT molecular complexity index is 749. The van der Waals surface area contributed by atoms with E-state index in [1.807, 2.05) is 37.3 Å². The van der Waals surface area contributed by atoms with Crippen LogP contribution >= 0.6 is 11.6 Å². The van der Waals surface area contributed by atoms with Gasteiger partial charge in [-0.15, -0.1) is 5.10 Å². The fourth-order valence-corrected chi connectivity index (χ4v) is 2.18. The third-order valence-electron chi connectivity index (χ3n) is 3.03. The first-order valence-corrected chi connectivity index (χ1v) is 6.44. The van der Waals surface area contributed by atoms with E-state index in [-0.39, 0.29) is 0 Å². The Morgan fingerprint density at radius 3 is 2.55 bits per heavy atom. The van der Waals surface area contributed by atoms with E-state index in [0.29, 0.717) is 10.8 Å². The minimum atomic E-state index is 0.671. The van der Waals surface area contributed by atoms with E-state index in [4.69, 9.17) is 17.3 Å². The summed E-state index contributed by atoms with van der Waals surface area (Å²) in [6.45, 7) is 1.98. The maximum absolute atomic E-state index is 5.90. The van der Waals surface area contributed by atoms with Crippen LogP contribution in [0.2, 0.25) is 5.02 Å². The van der Waals surface area contributed by atoms with Crippen molar-refractivity contribution in [1.82, 2.24) is 20.2 Å². The fourth-order valence-electron chi connectivity index (χ4n) is 2.05. The maximum atomic E-state index is 5.90. The zero-order chi connectivity index (χ0) is 14.1. The molecule has 0 atom stereocenters. The molecule has 0 saturated heterocycles. The monoisotopic (exact) mass is 285 g/mol. The molecule has 3 aromatic rings. The van der Waals surface area contributed by atoms with Crippen molar-refractivity contribution < 1.29 is 0 Å². The van der Waals surface area contributed by atoms with Gasteiger partial charge >= 0.3 is 0 Å². The van der Waals surface area contributed by atoms with E-state index in [9.17, 15) is 0 Å². The van der Waals surface area contributed by atoms with E-state index >= 15 is 0 Å². The zero-order valence-electron chi connectivity index (χ0n) is 10.8. The quantitative estimate of drug-likeness (QED) is 0.735. The van der Waals surface area contributed by atoms with Crippen LogP contribution in [0.5, 0.6) is 0 Å². The standard InChI is InChI=1S/C14H12ClN5/c1-9-8-11(16)4-7-13(9)14-17-18-19-20(14)12-5-2-10(15)3-6-12/h2-8H,16H2,1H3. The van der Waals surface area contributed by atoms with Gasteiger partial charge in [0.25, 0.3) is 0 Å². The number of hydrogen-bond donors (Lipinski definition) is 1. The molecule has 20 heavy (non-hydrogen) atoms. The van der Waals surface area contributed by atoms with E-state index in [0.717, 1.165) is 22.5 Å². The molecule has 2 N–H and O–H groups in total. The molecule has 0 aliphatic heterocycles. The van der Waals surface area contributed by atoms with Crippen molar-refractivity contribution in [3.8, 4) is 17.1 Å². The maximum Gasteiger partial charge on any atom is 0.187 e. The molecule has 3 rings (SSSR count). The van der Waals surface area contributed by atoms with Crippen LogP contribution in [0.4, 0.5) is 5.69 Å². The van der Waals surface area contributed by atoms with Gasteiger partial charge in [-0.3, -0.25) is 0 Å². The molecule has 6 heteroatoms. The Morgan fingerprint density at radius 2 is 1.85 bits per heavy atom. The van der Waals surface area contributed by atoms with Gasteiger partial charge in [0.05, 0.1) is 5.69 Å². The molecule has 0 fully saturated rings. The second kappa shape index (κ2) is 4.94. The van der Waals surface area contributed by atoms with E-state index in [1.54, 1.807) is 16.8 Å². The predicted molar refractivity (Wildman–Crippen MR) is 78.7 cm³/mol. The lowest BCUT2D eigenvalue weighted by Crippen LogP contribution is -2.01. The number of halogens is 1. The topological polar surface area (TPSA) is 69.6 Å². The number of aryl methyl sites for hydroxylation is 1. The van der Waals surface area contributed by atoms with Gasteiger partial charge < -0.3 is 5.73 Å². The summed E-state index contributed by atoms with van der Waals surface area (Å²) in [7, 11) is 0. The Morgan fingerprint density at radius 1 is 1.10 bits per heavy atom. The third kappa shape index (κ3) is 2.23. The smallest absolute Gasteiger partial charge is 0.187 e. The van der Waals surface area contributed by atoms with Crippen LogP contribution in [0.25, 0.3) is 17.1 Å². The minimum absolute atomic E-state index is 0.671. The lowest BCUT2D eigenvalue weighted by atomic mass is 10.1. The van der Waals surface area contributed by atoms with Gasteiger partial charge in [0.2, 0.25) is 0 Å². The molecule has 0 aliphatic carbocycles. The number of nitrogens with zero attached hydrogens (tertiary/aromatic N) is 4. The number of aromatic nitrogens is 4. The molecule has 5 nitrogen and oxygen atoms in total. The average Bonchev–Trinajstić information content (AvgIpc) is 2.88. The van der Waals surface area contributed by atoms with Crippen molar-refractivity contribution in [3.05, 3.63) is 53.1 Å². The van der Waals surface area contributed by atoms with Gasteiger partial charge in [-0.05, 0) is 65.4 Å². The largest absolute Gasteiger partial charge is 0.399 e. The summed E-state index contributed by atoms with van der Waals surface area (Å²) in [5.74, 6) is 0.671. The highest BCUT2D eigenvalue weighted by molar-refractivity contribution is 6.30. The number of nitrogens with two attached hydrogens (primary N) is 1. The molecule has 0 bridgehead atoms. The summed E-state index contributed by atoms with van der Waals surface area (Å²) < 4.78 is 1.68. The van der Waals surface area contributed by atoms with Crippen molar-refractivity contribution >= 4 is 17.3 Å². The zero-order valence-corrected chi connectivity index (χ0v) is 11.5. The van der Waals surface area contributed by atoms with Crippen LogP contribution in [0.1, 0.15) is 5.56 Å². The number of nitrogen functional groups attached to an aromatic ring is 1. The highest BCUT2D eigenvalue weighted by atomic mass is 35.5. The first-order chi connectivity index (χ1) is 9.65. The molecule has 0 radical (unpaired) electrons. The first kappa shape index (κ1) is 12.6. The molecule has 0 amide bonds. The van der Waals surface area contributed by atoms with Gasteiger partial charge in [0.15, 0.2) is 5.82 Å². The van der Waals surface area contributed by atoms with E-state index < -0.39 is 0 Å². The highest BCUT2D eigenvalue weighted by Crippen LogP contribution is 2.25. The molecule has 0 aliphatic rings. The lowest BCUT2D eigenvalue weighted by Gasteiger charge is -2.07. The number of hydrogen-bond acceptors (Lipinski definition) is 4. The number of rotatable bonds is 2. The first-order valence-electron chi connectivity index (χ1n) is 6.06. The van der Waals surface area contributed by atoms with Crippen LogP contribution in [0.3, 0.4) is 0 Å². The van der Waals surface area contributed by atoms with E-state index in [2.05, 4.69) is 15.5 Å². The van der Waals surface area contributed by atoms with Crippen molar-refractivity contribution in [1.29, 1.82) is 0 Å². The SMILES string of the molecule is Cc1cc(N)ccc1-c1nnnn1-c1ccc(Cl)cc1. The van der Waals surface area contributed by atoms with Gasteiger partial charge in [-0.1, -0.05) is 11.6 Å². The summed E-state index contributed by atoms with van der Waals surface area (Å²) in [5.41, 5.74) is 9.31. The number of benzene rings is 2. The molecular weight excluding hydrogens is 274 g/mol. The minimum Gasteiger partial charge on any atom is -0.399 e. The Kier molecular flexibility index (Phi) is 3.12. The fraction of sp³-hybridized carbons (Fsp3) is 0.0714. The van der Waals surface area contributed by atoms with Crippen molar-refractivity contribution in [2.45, 2.75) is 6.92 Å². The molecule has 2 aromatic carbocycles. The average molecular weight is 286 g/mol. The second-order valence-corrected chi connectivity index (χ2v) is 4.90. The lowest BCUT2D eigenvalue weighted by molar-refractivity contribution is 0.791. The molecular formula is C14H12ClN5. The second-order valence-electron chi connectivity index (χ2n) is 4.47. The molecule has 0 spiro atoms. The predicted octanol–water partition coefficient (Wildman–Crippen LogP) is 2.87. The van der Waals surface area contributed by atoms with Crippen LogP contribution < -0.4 is 5.73 Å². The van der Waals surface area contributed by atoms with Crippen LogP contribution in [0, 0.1) is 6.92 Å². The van der Waals surface area contributed by atoms with Gasteiger partial charge in [-0.2, -0.15) is 4.68 Å². The van der Waals surface area contributed by atoms with Crippen LogP contribution in [0.15, 0.2) is 42.5 Å².